The molecule has 0 aromatic carbocycles. The molecule has 0 radical (unpaired) electrons. The molecule has 0 aliphatic carbocycles. The van der Waals surface area contributed by atoms with Gasteiger partial charge in [-0.3, -0.25) is 0 Å². The summed E-state index contributed by atoms with van der Waals surface area (Å²) >= 11 is 0. The molecule has 0 spiro atoms. The van der Waals surface area contributed by atoms with Crippen molar-refractivity contribution in [3.05, 3.63) is 29.1 Å². The van der Waals surface area contributed by atoms with E-state index in [1.165, 1.54) is 10.4 Å². The molecule has 0 saturated carbocycles. The fourth-order valence-electron chi connectivity index (χ4n) is 2.03. The van der Waals surface area contributed by atoms with E-state index < -0.39 is 0 Å². The summed E-state index contributed by atoms with van der Waals surface area (Å²) < 4.78 is 0. The summed E-state index contributed by atoms with van der Waals surface area (Å²) in [6, 6.07) is 0. The largest absolute Gasteiger partial charge is 0.312 e. The Bertz CT molecular complexity index is 533. The zero-order chi connectivity index (χ0) is 11.7. The Kier molecular flexibility index (Phi) is 2.52. The molecule has 0 unspecified atom stereocenters. The van der Waals surface area contributed by atoms with Gasteiger partial charge in [-0.1, -0.05) is 0 Å². The van der Waals surface area contributed by atoms with Gasteiger partial charge in [-0.15, -0.1) is 10.2 Å². The van der Waals surface area contributed by atoms with Gasteiger partial charge in [0.15, 0.2) is 5.82 Å². The lowest BCUT2D eigenvalue weighted by Crippen LogP contribution is -2.26. The molecule has 0 amide bonds. The molecule has 3 rings (SSSR count). The highest BCUT2D eigenvalue weighted by atomic mass is 15.6. The van der Waals surface area contributed by atoms with Gasteiger partial charge in [0.05, 0.1) is 19.2 Å². The Labute approximate surface area is 98.3 Å². The van der Waals surface area contributed by atoms with Crippen LogP contribution in [-0.4, -0.2) is 36.7 Å². The van der Waals surface area contributed by atoms with Gasteiger partial charge >= 0.3 is 0 Å². The zero-order valence-electron chi connectivity index (χ0n) is 9.59. The number of nitrogens with one attached hydrogen (secondary N) is 1. The monoisotopic (exact) mass is 231 g/mol. The molecule has 7 nitrogen and oxygen atoms in total. The van der Waals surface area contributed by atoms with Crippen LogP contribution in [0.5, 0.6) is 0 Å². The third-order valence-corrected chi connectivity index (χ3v) is 2.84. The molecule has 17 heavy (non-hydrogen) atoms. The Morgan fingerprint density at radius 1 is 1.41 bits per heavy atom. The Balaban J connectivity index is 1.92. The SMILES string of the molecule is Cn1nnc(Cc2ncnc3c2CNCC3)n1. The molecule has 7 heteroatoms. The van der Waals surface area contributed by atoms with E-state index in [0.29, 0.717) is 12.2 Å². The van der Waals surface area contributed by atoms with Gasteiger partial charge in [0.2, 0.25) is 0 Å². The van der Waals surface area contributed by atoms with Crippen LogP contribution in [0.2, 0.25) is 0 Å². The maximum Gasteiger partial charge on any atom is 0.180 e. The lowest BCUT2D eigenvalue weighted by molar-refractivity contribution is 0.615. The van der Waals surface area contributed by atoms with Crippen molar-refractivity contribution < 1.29 is 0 Å². The normalized spacial score (nSPS) is 14.6. The van der Waals surface area contributed by atoms with Crippen molar-refractivity contribution >= 4 is 0 Å². The Morgan fingerprint density at radius 2 is 2.35 bits per heavy atom. The second kappa shape index (κ2) is 4.17. The number of hydrogen-bond acceptors (Lipinski definition) is 6. The third-order valence-electron chi connectivity index (χ3n) is 2.84. The van der Waals surface area contributed by atoms with Crippen LogP contribution in [-0.2, 0) is 26.4 Å². The van der Waals surface area contributed by atoms with Crippen molar-refractivity contribution in [3.63, 3.8) is 0 Å². The van der Waals surface area contributed by atoms with Crippen LogP contribution in [0.4, 0.5) is 0 Å². The number of aromatic nitrogens is 6. The highest BCUT2D eigenvalue weighted by Crippen LogP contribution is 2.15. The van der Waals surface area contributed by atoms with Gasteiger partial charge in [0, 0.05) is 30.8 Å². The highest BCUT2D eigenvalue weighted by Gasteiger charge is 2.16. The first-order valence-electron chi connectivity index (χ1n) is 5.58. The second-order valence-electron chi connectivity index (χ2n) is 4.04. The van der Waals surface area contributed by atoms with Gasteiger partial charge < -0.3 is 5.32 Å². The van der Waals surface area contributed by atoms with E-state index in [1.54, 1.807) is 13.4 Å². The van der Waals surface area contributed by atoms with Crippen LogP contribution in [0.1, 0.15) is 22.8 Å². The molecule has 1 aliphatic rings. The van der Waals surface area contributed by atoms with E-state index >= 15 is 0 Å². The standard InChI is InChI=1S/C10H13N7/c1-17-15-10(14-16-17)4-9-7-5-11-3-2-8(7)12-6-13-9/h6,11H,2-5H2,1H3. The minimum atomic E-state index is 0.611. The maximum absolute atomic E-state index is 4.33. The van der Waals surface area contributed by atoms with Crippen molar-refractivity contribution in [1.82, 2.24) is 35.5 Å². The predicted molar refractivity (Wildman–Crippen MR) is 59.0 cm³/mol. The topological polar surface area (TPSA) is 81.4 Å². The molecule has 1 aliphatic heterocycles. The zero-order valence-corrected chi connectivity index (χ0v) is 9.59. The van der Waals surface area contributed by atoms with Crippen LogP contribution < -0.4 is 5.32 Å². The van der Waals surface area contributed by atoms with Gasteiger partial charge in [-0.2, -0.15) is 4.80 Å². The molecule has 0 fully saturated rings. The van der Waals surface area contributed by atoms with Gasteiger partial charge in [-0.05, 0) is 5.21 Å². The number of hydrogen-bond donors (Lipinski definition) is 1. The molecule has 0 atom stereocenters. The minimum absolute atomic E-state index is 0.611. The maximum atomic E-state index is 4.33. The highest BCUT2D eigenvalue weighted by molar-refractivity contribution is 5.28. The number of tetrazole rings is 1. The van der Waals surface area contributed by atoms with E-state index in [9.17, 15) is 0 Å². The minimum Gasteiger partial charge on any atom is -0.312 e. The quantitative estimate of drug-likeness (QED) is 0.731. The molecule has 1 N–H and O–H groups in total. The second-order valence-corrected chi connectivity index (χ2v) is 4.04. The van der Waals surface area contributed by atoms with Crippen LogP contribution in [0, 0.1) is 0 Å². The van der Waals surface area contributed by atoms with Crippen LogP contribution in [0.3, 0.4) is 0 Å². The molecule has 88 valence electrons. The van der Waals surface area contributed by atoms with Crippen LogP contribution in [0.15, 0.2) is 6.33 Å². The lowest BCUT2D eigenvalue weighted by atomic mass is 10.0. The van der Waals surface area contributed by atoms with Crippen molar-refractivity contribution in [2.45, 2.75) is 19.4 Å². The molecule has 0 bridgehead atoms. The smallest absolute Gasteiger partial charge is 0.180 e. The first kappa shape index (κ1) is 10.3. The fraction of sp³-hybridized carbons (Fsp3) is 0.500. The summed E-state index contributed by atoms with van der Waals surface area (Å²) in [5.41, 5.74) is 3.32. The summed E-state index contributed by atoms with van der Waals surface area (Å²) in [5.74, 6) is 0.693. The number of rotatable bonds is 2. The average Bonchev–Trinajstić information content (AvgIpc) is 2.75. The first-order chi connectivity index (χ1) is 8.33. The molecule has 2 aromatic heterocycles. The Morgan fingerprint density at radius 3 is 3.18 bits per heavy atom. The Hall–Kier alpha value is -1.89. The van der Waals surface area contributed by atoms with Crippen LogP contribution in [0.25, 0.3) is 0 Å². The van der Waals surface area contributed by atoms with Crippen molar-refractivity contribution in [2.24, 2.45) is 7.05 Å². The van der Waals surface area contributed by atoms with Gasteiger partial charge in [0.25, 0.3) is 0 Å². The number of aryl methyl sites for hydroxylation is 1. The van der Waals surface area contributed by atoms with Crippen molar-refractivity contribution in [3.8, 4) is 0 Å². The molecule has 3 heterocycles. The summed E-state index contributed by atoms with van der Waals surface area (Å²) in [4.78, 5) is 10.1. The van der Waals surface area contributed by atoms with Gasteiger partial charge in [-0.25, -0.2) is 9.97 Å². The molecular formula is C10H13N7. The first-order valence-corrected chi connectivity index (χ1v) is 5.58. The summed E-state index contributed by atoms with van der Waals surface area (Å²) in [7, 11) is 1.76. The number of fused-ring (bicyclic) bond motifs is 1. The fourth-order valence-corrected chi connectivity index (χ4v) is 2.03. The van der Waals surface area contributed by atoms with E-state index in [1.807, 2.05) is 0 Å². The van der Waals surface area contributed by atoms with E-state index in [4.69, 9.17) is 0 Å². The van der Waals surface area contributed by atoms with Crippen molar-refractivity contribution in [1.29, 1.82) is 0 Å². The molecule has 0 saturated heterocycles. The average molecular weight is 231 g/mol. The number of nitrogens with zero attached hydrogens (tertiary/aromatic N) is 6. The third kappa shape index (κ3) is 2.01. The lowest BCUT2D eigenvalue weighted by Gasteiger charge is -2.17. The molecular weight excluding hydrogens is 218 g/mol. The van der Waals surface area contributed by atoms with E-state index in [2.05, 4.69) is 30.7 Å². The predicted octanol–water partition coefficient (Wildman–Crippen LogP) is -0.763. The molecule has 2 aromatic rings. The van der Waals surface area contributed by atoms with E-state index in [-0.39, 0.29) is 0 Å². The summed E-state index contributed by atoms with van der Waals surface area (Å²) in [6.07, 6.45) is 3.19. The summed E-state index contributed by atoms with van der Waals surface area (Å²) in [6.45, 7) is 1.80. The van der Waals surface area contributed by atoms with Crippen LogP contribution >= 0.6 is 0 Å². The van der Waals surface area contributed by atoms with Gasteiger partial charge in [0.1, 0.15) is 6.33 Å². The van der Waals surface area contributed by atoms with Crippen molar-refractivity contribution in [2.75, 3.05) is 6.54 Å². The summed E-state index contributed by atoms with van der Waals surface area (Å²) in [5, 5.41) is 15.3. The van der Waals surface area contributed by atoms with E-state index in [0.717, 1.165) is 30.9 Å².